The molecule has 2 heterocycles. The Morgan fingerprint density at radius 2 is 0.711 bits per heavy atom. The highest BCUT2D eigenvalue weighted by molar-refractivity contribution is 9.09. The number of hydrogen-bond acceptors (Lipinski definition) is 6. The van der Waals surface area contributed by atoms with Crippen molar-refractivity contribution in [1.29, 1.82) is 0 Å². The number of unbranched alkanes of at least 4 members (excludes halogenated alkanes) is 19. The lowest BCUT2D eigenvalue weighted by atomic mass is 10.1. The molecular weight excluding hydrogens is 1120 g/mol. The topological polar surface area (TPSA) is 55.4 Å². The molecule has 2 fully saturated rings. The van der Waals surface area contributed by atoms with Gasteiger partial charge in [-0.15, -0.1) is 24.2 Å². The fourth-order valence-electron chi connectivity index (χ4n) is 11.5. The van der Waals surface area contributed by atoms with Gasteiger partial charge in [0.05, 0.1) is 0 Å². The molecule has 0 aromatic heterocycles. The third-order valence-electron chi connectivity index (χ3n) is 16.1. The highest BCUT2D eigenvalue weighted by Crippen LogP contribution is 2.38. The van der Waals surface area contributed by atoms with Crippen molar-refractivity contribution in [2.75, 3.05) is 45.0 Å². The number of benzene rings is 4. The largest absolute Gasteiger partial charge is 0.407 e. The predicted molar refractivity (Wildman–Crippen MR) is 363 cm³/mol. The normalized spacial score (nSPS) is 15.6. The van der Waals surface area contributed by atoms with Gasteiger partial charge < -0.3 is 27.8 Å². The van der Waals surface area contributed by atoms with Gasteiger partial charge in [0.1, 0.15) is 0 Å². The maximum Gasteiger partial charge on any atom is 0.261 e. The van der Waals surface area contributed by atoms with Crippen LogP contribution >= 0.6 is 15.9 Å². The van der Waals surface area contributed by atoms with Crippen molar-refractivity contribution in [2.24, 2.45) is 0 Å². The Labute approximate surface area is 518 Å². The highest BCUT2D eigenvalue weighted by Gasteiger charge is 2.51. The molecule has 0 bridgehead atoms. The molecule has 0 N–H and O–H groups in total. The molecule has 0 radical (unpaired) electrons. The molecule has 6 rings (SSSR count). The Morgan fingerprint density at radius 3 is 1.02 bits per heavy atom. The second kappa shape index (κ2) is 44.2. The standard InChI is InChI=1S/C37H56O3Si.C28H40OSi.C9H17BrO2/c1-37(2,3)41(34-26-18-16-19-27-34,35-28-20-17-21-29-35)40-33-24-15-13-11-9-7-5-4-6-8-10-12-14-23-31-38-36-30-22-25-32-39-36;1-5-6-7-8-9-10-11-12-13-20-25-29-30(28(2,3)4,26-21-16-14-17-22-26)27-23-18-15-19-24-27;10-6-2-4-8-12-9-5-1-3-7-11-9/h16-21,26-29,36H,4-7,9,11-15,22-25,30-33H2,1-3H3;1,14-19,21-24H,6-13,20,25H2,2-4H3;9H,1-8H2. The first-order valence-electron chi connectivity index (χ1n) is 32.9. The van der Waals surface area contributed by atoms with E-state index in [4.69, 9.17) is 34.2 Å². The van der Waals surface area contributed by atoms with Crippen LogP contribution in [-0.4, -0.2) is 74.2 Å². The average molecular weight is 1230 g/mol. The summed E-state index contributed by atoms with van der Waals surface area (Å²) in [5.41, 5.74) is 0. The average Bonchev–Trinajstić information content (AvgIpc) is 3.59. The summed E-state index contributed by atoms with van der Waals surface area (Å²) in [6, 6.07) is 43.9. The fourth-order valence-corrected chi connectivity index (χ4v) is 21.2. The van der Waals surface area contributed by atoms with Crippen molar-refractivity contribution < 1.29 is 27.8 Å². The quantitative estimate of drug-likeness (QED) is 0.0196. The lowest BCUT2D eigenvalue weighted by Gasteiger charge is -2.43. The van der Waals surface area contributed by atoms with E-state index in [0.29, 0.717) is 0 Å². The van der Waals surface area contributed by atoms with Gasteiger partial charge in [-0.2, -0.15) is 0 Å². The van der Waals surface area contributed by atoms with Gasteiger partial charge in [-0.05, 0) is 121 Å². The second-order valence-corrected chi connectivity index (χ2v) is 34.3. The van der Waals surface area contributed by atoms with Crippen LogP contribution in [0.3, 0.4) is 0 Å². The van der Waals surface area contributed by atoms with Crippen LogP contribution in [0.4, 0.5) is 0 Å². The van der Waals surface area contributed by atoms with Crippen LogP contribution in [0.2, 0.25) is 10.1 Å². The molecule has 83 heavy (non-hydrogen) atoms. The summed E-state index contributed by atoms with van der Waals surface area (Å²) in [7, 11) is -4.75. The van der Waals surface area contributed by atoms with Crippen molar-refractivity contribution in [3.8, 4) is 24.2 Å². The summed E-state index contributed by atoms with van der Waals surface area (Å²) in [5, 5.41) is 6.68. The van der Waals surface area contributed by atoms with Gasteiger partial charge in [-0.1, -0.05) is 256 Å². The summed E-state index contributed by atoms with van der Waals surface area (Å²) in [6.07, 6.45) is 40.3. The van der Waals surface area contributed by atoms with Gasteiger partial charge in [-0.3, -0.25) is 0 Å². The van der Waals surface area contributed by atoms with Crippen LogP contribution in [0.1, 0.15) is 228 Å². The van der Waals surface area contributed by atoms with Crippen molar-refractivity contribution in [3.63, 3.8) is 0 Å². The van der Waals surface area contributed by atoms with Gasteiger partial charge in [0, 0.05) is 64.2 Å². The lowest BCUT2D eigenvalue weighted by Crippen LogP contribution is -2.66. The predicted octanol–water partition coefficient (Wildman–Crippen LogP) is 18.2. The van der Waals surface area contributed by atoms with E-state index in [1.165, 1.54) is 143 Å². The first-order chi connectivity index (χ1) is 40.5. The molecule has 2 atom stereocenters. The van der Waals surface area contributed by atoms with Crippen LogP contribution in [0.15, 0.2) is 121 Å². The number of hydrogen-bond donors (Lipinski definition) is 0. The van der Waals surface area contributed by atoms with Crippen molar-refractivity contribution in [2.45, 2.75) is 250 Å². The zero-order chi connectivity index (χ0) is 59.4. The Bertz CT molecular complexity index is 2180. The third kappa shape index (κ3) is 27.9. The minimum Gasteiger partial charge on any atom is -0.407 e. The number of halogens is 1. The molecule has 9 heteroatoms. The molecule has 4 aromatic rings. The zero-order valence-electron chi connectivity index (χ0n) is 53.1. The highest BCUT2D eigenvalue weighted by atomic mass is 79.9. The van der Waals surface area contributed by atoms with E-state index < -0.39 is 16.6 Å². The molecular formula is C74H113BrO6Si2. The fraction of sp³-hybridized carbons (Fsp3) is 0.622. The van der Waals surface area contributed by atoms with E-state index in [2.05, 4.69) is 197 Å². The summed E-state index contributed by atoms with van der Waals surface area (Å²) >= 11 is 3.39. The molecule has 2 saturated heterocycles. The van der Waals surface area contributed by atoms with Gasteiger partial charge in [0.15, 0.2) is 12.6 Å². The van der Waals surface area contributed by atoms with Crippen LogP contribution in [-0.2, 0) is 27.8 Å². The minimum absolute atomic E-state index is 0.0453. The molecule has 2 aliphatic heterocycles. The van der Waals surface area contributed by atoms with E-state index >= 15 is 0 Å². The summed E-state index contributed by atoms with van der Waals surface area (Å²) in [5.74, 6) is 9.45. The second-order valence-electron chi connectivity index (χ2n) is 24.9. The molecule has 6 nitrogen and oxygen atoms in total. The van der Waals surface area contributed by atoms with Crippen LogP contribution in [0, 0.1) is 24.2 Å². The molecule has 460 valence electrons. The van der Waals surface area contributed by atoms with E-state index in [1.54, 1.807) is 0 Å². The van der Waals surface area contributed by atoms with E-state index in [1.807, 2.05) is 0 Å². The summed E-state index contributed by atoms with van der Waals surface area (Å²) in [4.78, 5) is 0. The molecule has 2 aliphatic rings. The Kier molecular flexibility index (Phi) is 38.4. The number of rotatable bonds is 36. The maximum absolute atomic E-state index is 7.03. The maximum atomic E-state index is 7.03. The lowest BCUT2D eigenvalue weighted by molar-refractivity contribution is -0.162. The van der Waals surface area contributed by atoms with Crippen molar-refractivity contribution in [3.05, 3.63) is 121 Å². The molecule has 2 unspecified atom stereocenters. The summed E-state index contributed by atoms with van der Waals surface area (Å²) in [6.45, 7) is 19.2. The Balaban J connectivity index is 0.000000306. The number of alkyl halides is 1. The van der Waals surface area contributed by atoms with Crippen LogP contribution in [0.25, 0.3) is 0 Å². The third-order valence-corrected chi connectivity index (χ3v) is 26.8. The molecule has 0 aliphatic carbocycles. The monoisotopic (exact) mass is 1230 g/mol. The van der Waals surface area contributed by atoms with Crippen LogP contribution in [0.5, 0.6) is 0 Å². The zero-order valence-corrected chi connectivity index (χ0v) is 56.6. The van der Waals surface area contributed by atoms with Gasteiger partial charge in [0.25, 0.3) is 16.6 Å². The molecule has 0 saturated carbocycles. The summed E-state index contributed by atoms with van der Waals surface area (Å²) < 4.78 is 36.3. The van der Waals surface area contributed by atoms with E-state index in [9.17, 15) is 0 Å². The van der Waals surface area contributed by atoms with Gasteiger partial charge >= 0.3 is 0 Å². The molecule has 4 aromatic carbocycles. The van der Waals surface area contributed by atoms with Gasteiger partial charge in [-0.25, -0.2) is 0 Å². The number of ether oxygens (including phenoxy) is 4. The van der Waals surface area contributed by atoms with E-state index in [0.717, 1.165) is 109 Å². The number of terminal acetylenes is 1. The van der Waals surface area contributed by atoms with Gasteiger partial charge in [0.2, 0.25) is 0 Å². The molecule has 0 spiro atoms. The van der Waals surface area contributed by atoms with E-state index in [-0.39, 0.29) is 22.7 Å². The Morgan fingerprint density at radius 1 is 0.410 bits per heavy atom. The van der Waals surface area contributed by atoms with Crippen molar-refractivity contribution in [1.82, 2.24) is 0 Å². The first-order valence-corrected chi connectivity index (χ1v) is 37.8. The first kappa shape index (κ1) is 72.2. The van der Waals surface area contributed by atoms with Crippen molar-refractivity contribution >= 4 is 53.3 Å². The molecule has 0 amide bonds. The van der Waals surface area contributed by atoms with Crippen LogP contribution < -0.4 is 20.7 Å². The SMILES string of the molecule is BrCCCCOC1CCCCO1.C#CCCCCCCCCCCO[Si](c1ccccc1)(c1ccccc1)C(C)(C)C.CC(C)(C)[Si](OCCCCCCCCCCC#CCCCCOC1CCCCO1)(c1ccccc1)c1ccccc1. The smallest absolute Gasteiger partial charge is 0.261 e. The Hall–Kier alpha value is -3.33. The minimum atomic E-state index is -2.39.